The van der Waals surface area contributed by atoms with E-state index in [0.717, 1.165) is 28.7 Å². The van der Waals surface area contributed by atoms with Crippen molar-refractivity contribution in [3.63, 3.8) is 0 Å². The second-order valence-electron chi connectivity index (χ2n) is 11.1. The van der Waals surface area contributed by atoms with Crippen LogP contribution in [0.1, 0.15) is 54.1 Å². The van der Waals surface area contributed by atoms with Gasteiger partial charge in [0.25, 0.3) is 0 Å². The molecule has 0 aliphatic carbocycles. The summed E-state index contributed by atoms with van der Waals surface area (Å²) in [4.78, 5) is 34.8. The van der Waals surface area contributed by atoms with Crippen LogP contribution >= 0.6 is 22.6 Å². The number of nitrogens with one attached hydrogen (secondary N) is 1. The van der Waals surface area contributed by atoms with Crippen molar-refractivity contribution in [1.29, 1.82) is 0 Å². The van der Waals surface area contributed by atoms with Crippen LogP contribution in [0, 0.1) is 19.7 Å². The zero-order chi connectivity index (χ0) is 29.8. The number of hydrogen-bond acceptors (Lipinski definition) is 5. The van der Waals surface area contributed by atoms with Crippen molar-refractivity contribution < 1.29 is 18.7 Å². The number of hydrogen-bond donors (Lipinski definition) is 1. The standard InChI is InChI=1S/C32H38FIN4O3/c1-22-16-25(19-26(33)17-22)32(37(4)5)12-9-15-38(30(40)35-14-13-32)27-20-36-28(18-23(27)2)31(3,34)29(39)41-21-24-10-7-6-8-11-24/h6-8,10-11,16-20H,9,12-15,21H2,1-5H3,(H,35,40)/t31?,32-/m0/s1. The van der Waals surface area contributed by atoms with E-state index < -0.39 is 8.96 Å². The predicted octanol–water partition coefficient (Wildman–Crippen LogP) is 6.39. The van der Waals surface area contributed by atoms with Gasteiger partial charge in [0, 0.05) is 18.6 Å². The van der Waals surface area contributed by atoms with Gasteiger partial charge in [-0.25, -0.2) is 9.18 Å². The van der Waals surface area contributed by atoms with Gasteiger partial charge in [0.15, 0.2) is 3.42 Å². The van der Waals surface area contributed by atoms with Crippen molar-refractivity contribution in [3.8, 4) is 0 Å². The van der Waals surface area contributed by atoms with Crippen LogP contribution in [0.15, 0.2) is 60.8 Å². The Morgan fingerprint density at radius 1 is 1.17 bits per heavy atom. The summed E-state index contributed by atoms with van der Waals surface area (Å²) >= 11 is 2.07. The molecule has 7 nitrogen and oxygen atoms in total. The summed E-state index contributed by atoms with van der Waals surface area (Å²) in [7, 11) is 4.02. The predicted molar refractivity (Wildman–Crippen MR) is 168 cm³/mol. The number of anilines is 1. The smallest absolute Gasteiger partial charge is 0.328 e. The Kier molecular flexibility index (Phi) is 9.69. The molecule has 0 radical (unpaired) electrons. The second-order valence-corrected chi connectivity index (χ2v) is 13.3. The Balaban J connectivity index is 1.53. The molecule has 1 fully saturated rings. The van der Waals surface area contributed by atoms with E-state index in [-0.39, 0.29) is 24.4 Å². The van der Waals surface area contributed by atoms with Gasteiger partial charge >= 0.3 is 12.0 Å². The van der Waals surface area contributed by atoms with Crippen molar-refractivity contribution in [2.24, 2.45) is 0 Å². The molecular formula is C32H38FIN4O3. The van der Waals surface area contributed by atoms with Gasteiger partial charge in [-0.2, -0.15) is 0 Å². The molecular weight excluding hydrogens is 634 g/mol. The Labute approximate surface area is 255 Å². The number of benzene rings is 2. The highest BCUT2D eigenvalue weighted by atomic mass is 127. The monoisotopic (exact) mass is 672 g/mol. The number of alkyl halides is 1. The Hall–Kier alpha value is -3.05. The molecule has 0 saturated carbocycles. The van der Waals surface area contributed by atoms with Gasteiger partial charge in [0.05, 0.1) is 17.6 Å². The maximum Gasteiger partial charge on any atom is 0.328 e. The number of esters is 1. The summed E-state index contributed by atoms with van der Waals surface area (Å²) in [6.07, 6.45) is 3.77. The lowest BCUT2D eigenvalue weighted by molar-refractivity contribution is -0.147. The molecule has 218 valence electrons. The summed E-state index contributed by atoms with van der Waals surface area (Å²) in [5.74, 6) is -0.630. The first kappa shape index (κ1) is 30.9. The second kappa shape index (κ2) is 12.9. The summed E-state index contributed by atoms with van der Waals surface area (Å²) in [5.41, 5.74) is 4.38. The van der Waals surface area contributed by atoms with E-state index in [1.807, 2.05) is 70.4 Å². The molecule has 3 aromatic rings. The first-order valence-corrected chi connectivity index (χ1v) is 14.9. The van der Waals surface area contributed by atoms with E-state index in [9.17, 15) is 14.0 Å². The number of halogens is 2. The highest BCUT2D eigenvalue weighted by Crippen LogP contribution is 2.38. The lowest BCUT2D eigenvalue weighted by Crippen LogP contribution is -2.44. The Morgan fingerprint density at radius 3 is 2.56 bits per heavy atom. The SMILES string of the molecule is Cc1cc(F)cc([C@]2(N(C)C)CCCN(c3cnc(C(C)(I)C(=O)OCc4ccccc4)cc3C)C(=O)NCC2)c1. The maximum absolute atomic E-state index is 14.4. The van der Waals surface area contributed by atoms with Crippen LogP contribution in [-0.4, -0.2) is 49.1 Å². The van der Waals surface area contributed by atoms with Crippen LogP contribution in [0.3, 0.4) is 0 Å². The number of carbonyl (C=O) groups excluding carboxylic acids is 2. The molecule has 1 saturated heterocycles. The number of aromatic nitrogens is 1. The molecule has 0 bridgehead atoms. The molecule has 1 aliphatic rings. The van der Waals surface area contributed by atoms with Crippen LogP contribution in [0.5, 0.6) is 0 Å². The molecule has 1 unspecified atom stereocenters. The summed E-state index contributed by atoms with van der Waals surface area (Å²) in [5, 5.41) is 3.07. The zero-order valence-corrected chi connectivity index (χ0v) is 26.5. The van der Waals surface area contributed by atoms with Crippen LogP contribution in [0.25, 0.3) is 0 Å². The highest BCUT2D eigenvalue weighted by Gasteiger charge is 2.38. The van der Waals surface area contributed by atoms with Gasteiger partial charge in [0.1, 0.15) is 12.4 Å². The average molecular weight is 673 g/mol. The number of carbonyl (C=O) groups is 2. The normalized spacial score (nSPS) is 19.5. The zero-order valence-electron chi connectivity index (χ0n) is 24.3. The minimum absolute atomic E-state index is 0.187. The van der Waals surface area contributed by atoms with E-state index in [1.165, 1.54) is 6.07 Å². The fourth-order valence-corrected chi connectivity index (χ4v) is 5.96. The molecule has 2 aromatic carbocycles. The molecule has 2 amide bonds. The lowest BCUT2D eigenvalue weighted by atomic mass is 9.80. The van der Waals surface area contributed by atoms with E-state index >= 15 is 0 Å². The van der Waals surface area contributed by atoms with Gasteiger partial charge in [-0.3, -0.25) is 19.6 Å². The molecule has 1 aliphatic heterocycles. The number of rotatable bonds is 7. The number of urea groups is 1. The van der Waals surface area contributed by atoms with E-state index in [1.54, 1.807) is 24.1 Å². The first-order valence-electron chi connectivity index (χ1n) is 13.8. The molecule has 2 heterocycles. The van der Waals surface area contributed by atoms with Crippen molar-refractivity contribution in [2.45, 2.75) is 55.6 Å². The number of ether oxygens (including phenoxy) is 1. The molecule has 1 aromatic heterocycles. The number of pyridine rings is 1. The average Bonchev–Trinajstić information content (AvgIpc) is 3.01. The summed E-state index contributed by atoms with van der Waals surface area (Å²) in [6, 6.07) is 16.4. The fraction of sp³-hybridized carbons (Fsp3) is 0.406. The molecule has 41 heavy (non-hydrogen) atoms. The Bertz CT molecular complexity index is 1380. The highest BCUT2D eigenvalue weighted by molar-refractivity contribution is 14.1. The van der Waals surface area contributed by atoms with Gasteiger partial charge < -0.3 is 10.1 Å². The van der Waals surface area contributed by atoms with Crippen molar-refractivity contribution in [2.75, 3.05) is 32.1 Å². The molecule has 1 N–H and O–H groups in total. The van der Waals surface area contributed by atoms with Gasteiger partial charge in [-0.05, 0) is 94.6 Å². The largest absolute Gasteiger partial charge is 0.460 e. The van der Waals surface area contributed by atoms with E-state index in [0.29, 0.717) is 37.3 Å². The first-order chi connectivity index (χ1) is 19.4. The van der Waals surface area contributed by atoms with Crippen molar-refractivity contribution in [1.82, 2.24) is 15.2 Å². The number of nitrogens with zero attached hydrogens (tertiary/aromatic N) is 3. The summed E-state index contributed by atoms with van der Waals surface area (Å²) in [6.45, 7) is 6.70. The van der Waals surface area contributed by atoms with Gasteiger partial charge in [-0.1, -0.05) is 59.0 Å². The van der Waals surface area contributed by atoms with E-state index in [4.69, 9.17) is 4.74 Å². The summed E-state index contributed by atoms with van der Waals surface area (Å²) < 4.78 is 19.0. The van der Waals surface area contributed by atoms with Crippen LogP contribution in [0.4, 0.5) is 14.9 Å². The number of amides is 2. The fourth-order valence-electron chi connectivity index (χ4n) is 5.51. The van der Waals surface area contributed by atoms with E-state index in [2.05, 4.69) is 37.8 Å². The molecule has 9 heteroatoms. The third-order valence-electron chi connectivity index (χ3n) is 7.92. The van der Waals surface area contributed by atoms with Gasteiger partial charge in [-0.15, -0.1) is 0 Å². The molecule has 4 rings (SSSR count). The van der Waals surface area contributed by atoms with Crippen molar-refractivity contribution >= 4 is 40.3 Å². The van der Waals surface area contributed by atoms with Crippen LogP contribution in [0.2, 0.25) is 0 Å². The lowest BCUT2D eigenvalue weighted by Gasteiger charge is -2.41. The minimum Gasteiger partial charge on any atom is -0.460 e. The molecule has 0 spiro atoms. The van der Waals surface area contributed by atoms with Crippen LogP contribution in [-0.2, 0) is 25.1 Å². The van der Waals surface area contributed by atoms with Crippen molar-refractivity contribution in [3.05, 3.63) is 94.6 Å². The van der Waals surface area contributed by atoms with Gasteiger partial charge in [0.2, 0.25) is 0 Å². The third-order valence-corrected chi connectivity index (χ3v) is 8.91. The van der Waals surface area contributed by atoms with Crippen LogP contribution < -0.4 is 10.2 Å². The Morgan fingerprint density at radius 2 is 1.90 bits per heavy atom. The quantitative estimate of drug-likeness (QED) is 0.179. The molecule has 2 atom stereocenters. The number of aryl methyl sites for hydroxylation is 2. The third kappa shape index (κ3) is 6.89. The topological polar surface area (TPSA) is 74.8 Å². The minimum atomic E-state index is -1.000. The maximum atomic E-state index is 14.4.